The molecule has 1 heterocycles. The molecule has 1 aliphatic heterocycles. The van der Waals surface area contributed by atoms with Crippen LogP contribution >= 0.6 is 0 Å². The van der Waals surface area contributed by atoms with E-state index < -0.39 is 12.1 Å². The van der Waals surface area contributed by atoms with Crippen LogP contribution < -0.4 is 29.0 Å². The summed E-state index contributed by atoms with van der Waals surface area (Å²) in [5, 5.41) is 3.24. The van der Waals surface area contributed by atoms with Crippen molar-refractivity contribution in [2.24, 2.45) is 0 Å². The summed E-state index contributed by atoms with van der Waals surface area (Å²) in [7, 11) is 4.57. The van der Waals surface area contributed by atoms with Crippen molar-refractivity contribution < 1.29 is 33.3 Å². The number of para-hydroxylation sites is 2. The Morgan fingerprint density at radius 2 is 1.52 bits per heavy atom. The number of amides is 2. The molecule has 3 aromatic rings. The molecule has 0 spiro atoms. The van der Waals surface area contributed by atoms with Crippen molar-refractivity contribution >= 4 is 11.8 Å². The van der Waals surface area contributed by atoms with Crippen LogP contribution in [0.3, 0.4) is 0 Å². The number of methoxy groups -OCH3 is 3. The molecule has 0 saturated heterocycles. The third-order valence-corrected chi connectivity index (χ3v) is 7.78. The van der Waals surface area contributed by atoms with Crippen molar-refractivity contribution in [1.29, 1.82) is 0 Å². The Balaban J connectivity index is 1.58. The summed E-state index contributed by atoms with van der Waals surface area (Å²) in [6, 6.07) is 19.3. The molecule has 2 atom stereocenters. The Bertz CT molecular complexity index is 1350. The molecular formula is C33H38N2O7. The Morgan fingerprint density at radius 1 is 0.881 bits per heavy atom. The fraction of sp³-hybridized carbons (Fsp3) is 0.394. The van der Waals surface area contributed by atoms with E-state index in [2.05, 4.69) is 5.32 Å². The van der Waals surface area contributed by atoms with Crippen LogP contribution in [0.5, 0.6) is 28.7 Å². The highest BCUT2D eigenvalue weighted by molar-refractivity contribution is 5.91. The topological polar surface area (TPSA) is 95.6 Å². The van der Waals surface area contributed by atoms with E-state index in [1.54, 1.807) is 29.2 Å². The smallest absolute Gasteiger partial charge is 0.268 e. The predicted octanol–water partition coefficient (Wildman–Crippen LogP) is 5.07. The van der Waals surface area contributed by atoms with Gasteiger partial charge in [-0.05, 0) is 48.2 Å². The monoisotopic (exact) mass is 574 g/mol. The zero-order chi connectivity index (χ0) is 29.5. The maximum atomic E-state index is 14.4. The molecule has 1 fully saturated rings. The second-order valence-electron chi connectivity index (χ2n) is 10.5. The molecule has 0 bridgehead atoms. The van der Waals surface area contributed by atoms with Crippen molar-refractivity contribution in [1.82, 2.24) is 10.2 Å². The van der Waals surface area contributed by atoms with Crippen molar-refractivity contribution in [3.63, 3.8) is 0 Å². The SMILES string of the molecule is COc1cc(C(C(=O)NC2CCCCC2)N(Cc2ccccc2)C(=O)C2COc3ccccc3O2)cc(OC)c1OC. The van der Waals surface area contributed by atoms with Gasteiger partial charge in [0.05, 0.1) is 21.3 Å². The first-order chi connectivity index (χ1) is 20.5. The lowest BCUT2D eigenvalue weighted by Gasteiger charge is -2.36. The number of rotatable bonds is 10. The molecule has 1 aliphatic carbocycles. The molecule has 2 amide bonds. The van der Waals surface area contributed by atoms with E-state index in [1.165, 1.54) is 21.3 Å². The Labute approximate surface area is 246 Å². The van der Waals surface area contributed by atoms with Crippen LogP contribution in [-0.2, 0) is 16.1 Å². The lowest BCUT2D eigenvalue weighted by Crippen LogP contribution is -2.52. The van der Waals surface area contributed by atoms with E-state index in [9.17, 15) is 9.59 Å². The first-order valence-electron chi connectivity index (χ1n) is 14.4. The van der Waals surface area contributed by atoms with Gasteiger partial charge >= 0.3 is 0 Å². The lowest BCUT2D eigenvalue weighted by atomic mass is 9.94. The zero-order valence-corrected chi connectivity index (χ0v) is 24.3. The van der Waals surface area contributed by atoms with E-state index in [0.717, 1.165) is 37.7 Å². The van der Waals surface area contributed by atoms with Crippen molar-refractivity contribution in [3.05, 3.63) is 77.9 Å². The minimum absolute atomic E-state index is 0.0212. The van der Waals surface area contributed by atoms with Gasteiger partial charge in [-0.2, -0.15) is 0 Å². The first kappa shape index (κ1) is 29.1. The normalized spacial score (nSPS) is 17.1. The van der Waals surface area contributed by atoms with E-state index in [0.29, 0.717) is 34.3 Å². The second-order valence-corrected chi connectivity index (χ2v) is 10.5. The van der Waals surface area contributed by atoms with E-state index in [4.69, 9.17) is 23.7 Å². The van der Waals surface area contributed by atoms with Gasteiger partial charge in [0.1, 0.15) is 12.6 Å². The molecule has 0 aromatic heterocycles. The van der Waals surface area contributed by atoms with Gasteiger partial charge in [-0.25, -0.2) is 0 Å². The summed E-state index contributed by atoms with van der Waals surface area (Å²) < 4.78 is 28.8. The molecule has 1 saturated carbocycles. The van der Waals surface area contributed by atoms with Crippen molar-refractivity contribution in [3.8, 4) is 28.7 Å². The van der Waals surface area contributed by atoms with Crippen LogP contribution in [0.2, 0.25) is 0 Å². The minimum Gasteiger partial charge on any atom is -0.493 e. The van der Waals surface area contributed by atoms with Crippen LogP contribution in [0, 0.1) is 0 Å². The predicted molar refractivity (Wildman–Crippen MR) is 157 cm³/mol. The number of hydrogen-bond donors (Lipinski definition) is 1. The van der Waals surface area contributed by atoms with Gasteiger partial charge in [0, 0.05) is 12.6 Å². The first-order valence-corrected chi connectivity index (χ1v) is 14.4. The van der Waals surface area contributed by atoms with Crippen LogP contribution in [0.1, 0.15) is 49.3 Å². The fourth-order valence-corrected chi connectivity index (χ4v) is 5.66. The van der Waals surface area contributed by atoms with Crippen molar-refractivity contribution in [2.75, 3.05) is 27.9 Å². The highest BCUT2D eigenvalue weighted by Gasteiger charge is 2.39. The molecule has 9 nitrogen and oxygen atoms in total. The molecule has 0 radical (unpaired) electrons. The van der Waals surface area contributed by atoms with Gasteiger partial charge in [-0.15, -0.1) is 0 Å². The summed E-state index contributed by atoms with van der Waals surface area (Å²) in [6.07, 6.45) is 4.11. The standard InChI is InChI=1S/C33H38N2O7/c1-38-27-18-23(19-28(39-2)31(27)40-3)30(32(36)34-24-14-8-5-9-15-24)35(20-22-12-6-4-7-13-22)33(37)29-21-41-25-16-10-11-17-26(25)42-29/h4,6-7,10-13,16-19,24,29-30H,5,8-9,14-15,20-21H2,1-3H3,(H,34,36). The number of ether oxygens (including phenoxy) is 5. The number of carbonyl (C=O) groups excluding carboxylic acids is 2. The third-order valence-electron chi connectivity index (χ3n) is 7.78. The average molecular weight is 575 g/mol. The van der Waals surface area contributed by atoms with Gasteiger partial charge in [0.2, 0.25) is 17.8 Å². The van der Waals surface area contributed by atoms with E-state index >= 15 is 0 Å². The van der Waals surface area contributed by atoms with Crippen LogP contribution in [0.15, 0.2) is 66.7 Å². The Hall–Kier alpha value is -4.40. The molecule has 42 heavy (non-hydrogen) atoms. The summed E-state index contributed by atoms with van der Waals surface area (Å²) in [5.41, 5.74) is 1.39. The van der Waals surface area contributed by atoms with Crippen molar-refractivity contribution in [2.45, 2.75) is 56.8 Å². The van der Waals surface area contributed by atoms with Gasteiger partial charge < -0.3 is 33.9 Å². The summed E-state index contributed by atoms with van der Waals surface area (Å²) in [5.74, 6) is 1.59. The molecule has 3 aromatic carbocycles. The molecule has 222 valence electrons. The number of nitrogens with zero attached hydrogens (tertiary/aromatic N) is 1. The maximum absolute atomic E-state index is 14.4. The van der Waals surface area contributed by atoms with Gasteiger partial charge in [0.25, 0.3) is 5.91 Å². The fourth-order valence-electron chi connectivity index (χ4n) is 5.66. The Morgan fingerprint density at radius 3 is 2.17 bits per heavy atom. The molecule has 5 rings (SSSR count). The molecule has 2 aliphatic rings. The zero-order valence-electron chi connectivity index (χ0n) is 24.3. The van der Waals surface area contributed by atoms with Crippen LogP contribution in [0.25, 0.3) is 0 Å². The molecular weight excluding hydrogens is 536 g/mol. The summed E-state index contributed by atoms with van der Waals surface area (Å²) in [6.45, 7) is 0.188. The molecule has 2 unspecified atom stereocenters. The minimum atomic E-state index is -1.02. The third kappa shape index (κ3) is 6.40. The highest BCUT2D eigenvalue weighted by atomic mass is 16.6. The van der Waals surface area contributed by atoms with Crippen LogP contribution in [-0.4, -0.2) is 56.8 Å². The second kappa shape index (κ2) is 13.5. The average Bonchev–Trinajstić information content (AvgIpc) is 3.04. The number of nitrogens with one attached hydrogen (secondary N) is 1. The van der Waals surface area contributed by atoms with E-state index in [-0.39, 0.29) is 31.0 Å². The number of carbonyl (C=O) groups is 2. The number of hydrogen-bond acceptors (Lipinski definition) is 7. The Kier molecular flexibility index (Phi) is 9.36. The summed E-state index contributed by atoms with van der Waals surface area (Å²) in [4.78, 5) is 30.3. The maximum Gasteiger partial charge on any atom is 0.268 e. The van der Waals surface area contributed by atoms with Gasteiger partial charge in [-0.3, -0.25) is 9.59 Å². The molecule has 9 heteroatoms. The highest BCUT2D eigenvalue weighted by Crippen LogP contribution is 2.41. The molecule has 1 N–H and O–H groups in total. The van der Waals surface area contributed by atoms with Crippen LogP contribution in [0.4, 0.5) is 0 Å². The number of benzene rings is 3. The quantitative estimate of drug-likeness (QED) is 0.361. The van der Waals surface area contributed by atoms with E-state index in [1.807, 2.05) is 42.5 Å². The lowest BCUT2D eigenvalue weighted by molar-refractivity contribution is -0.149. The summed E-state index contributed by atoms with van der Waals surface area (Å²) >= 11 is 0. The largest absolute Gasteiger partial charge is 0.493 e. The number of fused-ring (bicyclic) bond motifs is 1. The van der Waals surface area contributed by atoms with Gasteiger partial charge in [0.15, 0.2) is 23.0 Å². The van der Waals surface area contributed by atoms with Gasteiger partial charge in [-0.1, -0.05) is 61.7 Å².